The molecule has 0 amide bonds. The highest BCUT2D eigenvalue weighted by Gasteiger charge is 2.39. The van der Waals surface area contributed by atoms with Crippen LogP contribution in [0.2, 0.25) is 0 Å². The fourth-order valence-corrected chi connectivity index (χ4v) is 3.01. The zero-order valence-electron chi connectivity index (χ0n) is 12.7. The first kappa shape index (κ1) is 16.9. The fraction of sp³-hybridized carbons (Fsp3) is 1.00. The zero-order valence-corrected chi connectivity index (χ0v) is 12.7. The van der Waals surface area contributed by atoms with Crippen molar-refractivity contribution in [3.05, 3.63) is 0 Å². The van der Waals surface area contributed by atoms with E-state index >= 15 is 0 Å². The van der Waals surface area contributed by atoms with Crippen LogP contribution in [0, 0.1) is 0 Å². The molecule has 0 aromatic rings. The number of ether oxygens (including phenoxy) is 1. The largest absolute Gasteiger partial charge is 0.380 e. The van der Waals surface area contributed by atoms with Gasteiger partial charge in [-0.15, -0.1) is 0 Å². The first-order valence-electron chi connectivity index (χ1n) is 7.16. The van der Waals surface area contributed by atoms with Crippen molar-refractivity contribution in [2.75, 3.05) is 33.4 Å². The lowest BCUT2D eigenvalue weighted by Crippen LogP contribution is -2.61. The number of hydrogen-bond donors (Lipinski definition) is 1. The number of hydrogen-bond acceptors (Lipinski definition) is 3. The van der Waals surface area contributed by atoms with Crippen LogP contribution >= 0.6 is 0 Å². The van der Waals surface area contributed by atoms with E-state index in [-0.39, 0.29) is 5.54 Å². The SMILES string of the molecule is CCOCC(NC)C(CC)(CC)N(CC)CC. The second-order valence-corrected chi connectivity index (χ2v) is 4.48. The first-order valence-corrected chi connectivity index (χ1v) is 7.16. The summed E-state index contributed by atoms with van der Waals surface area (Å²) in [5.41, 5.74) is 0.216. The molecule has 1 atom stereocenters. The van der Waals surface area contributed by atoms with Gasteiger partial charge in [0.2, 0.25) is 0 Å². The summed E-state index contributed by atoms with van der Waals surface area (Å²) in [6.07, 6.45) is 2.31. The summed E-state index contributed by atoms with van der Waals surface area (Å²) in [5, 5.41) is 3.46. The molecular weight excluding hydrogens is 212 g/mol. The third kappa shape index (κ3) is 3.94. The van der Waals surface area contributed by atoms with E-state index in [1.165, 1.54) is 0 Å². The molecule has 0 heterocycles. The van der Waals surface area contributed by atoms with E-state index in [1.807, 2.05) is 7.05 Å². The van der Waals surface area contributed by atoms with Crippen LogP contribution in [0.1, 0.15) is 47.5 Å². The third-order valence-corrected chi connectivity index (χ3v) is 4.10. The lowest BCUT2D eigenvalue weighted by Gasteiger charge is -2.47. The van der Waals surface area contributed by atoms with Crippen molar-refractivity contribution in [3.8, 4) is 0 Å². The second-order valence-electron chi connectivity index (χ2n) is 4.48. The van der Waals surface area contributed by atoms with Crippen molar-refractivity contribution in [2.24, 2.45) is 0 Å². The van der Waals surface area contributed by atoms with Crippen LogP contribution < -0.4 is 5.32 Å². The number of nitrogens with zero attached hydrogens (tertiary/aromatic N) is 1. The highest BCUT2D eigenvalue weighted by Crippen LogP contribution is 2.28. The van der Waals surface area contributed by atoms with E-state index in [2.05, 4.69) is 44.8 Å². The van der Waals surface area contributed by atoms with Crippen LogP contribution in [0.15, 0.2) is 0 Å². The molecular formula is C14H32N2O. The maximum Gasteiger partial charge on any atom is 0.0637 e. The molecule has 0 saturated heterocycles. The normalized spacial score (nSPS) is 14.3. The number of rotatable bonds is 10. The fourth-order valence-electron chi connectivity index (χ4n) is 3.01. The van der Waals surface area contributed by atoms with E-state index in [4.69, 9.17) is 4.74 Å². The first-order chi connectivity index (χ1) is 8.16. The summed E-state index contributed by atoms with van der Waals surface area (Å²) in [4.78, 5) is 2.58. The summed E-state index contributed by atoms with van der Waals surface area (Å²) in [6.45, 7) is 14.9. The summed E-state index contributed by atoms with van der Waals surface area (Å²) in [5.74, 6) is 0. The van der Waals surface area contributed by atoms with E-state index in [1.54, 1.807) is 0 Å². The van der Waals surface area contributed by atoms with Crippen LogP contribution in [0.25, 0.3) is 0 Å². The Hall–Kier alpha value is -0.120. The van der Waals surface area contributed by atoms with Gasteiger partial charge >= 0.3 is 0 Å². The highest BCUT2D eigenvalue weighted by molar-refractivity contribution is 4.98. The molecule has 1 N–H and O–H groups in total. The van der Waals surface area contributed by atoms with E-state index in [0.717, 1.165) is 39.1 Å². The number of likely N-dealkylation sites (N-methyl/N-ethyl adjacent to an activating group) is 2. The summed E-state index contributed by atoms with van der Waals surface area (Å²) in [7, 11) is 2.05. The molecule has 3 heteroatoms. The molecule has 0 aliphatic carbocycles. The standard InChI is InChI=1S/C14H32N2O/c1-7-14(8-2,16(9-3)10-4)13(15-6)12-17-11-5/h13,15H,7-12H2,1-6H3. The molecule has 0 saturated carbocycles. The Morgan fingerprint density at radius 3 is 1.88 bits per heavy atom. The Balaban J connectivity index is 4.97. The summed E-state index contributed by atoms with van der Waals surface area (Å²) < 4.78 is 5.65. The molecule has 0 spiro atoms. The average molecular weight is 244 g/mol. The van der Waals surface area contributed by atoms with Gasteiger partial charge < -0.3 is 10.1 Å². The van der Waals surface area contributed by atoms with Crippen LogP contribution in [0.4, 0.5) is 0 Å². The molecule has 0 fully saturated rings. The maximum atomic E-state index is 5.65. The predicted octanol–water partition coefficient (Wildman–Crippen LogP) is 2.51. The molecule has 0 rings (SSSR count). The monoisotopic (exact) mass is 244 g/mol. The van der Waals surface area contributed by atoms with Crippen molar-refractivity contribution in [1.29, 1.82) is 0 Å². The van der Waals surface area contributed by atoms with Gasteiger partial charge in [0.15, 0.2) is 0 Å². The van der Waals surface area contributed by atoms with E-state index in [0.29, 0.717) is 6.04 Å². The van der Waals surface area contributed by atoms with Gasteiger partial charge in [-0.2, -0.15) is 0 Å². The van der Waals surface area contributed by atoms with Gasteiger partial charge in [-0.1, -0.05) is 27.7 Å². The molecule has 0 aliphatic rings. The van der Waals surface area contributed by atoms with Gasteiger partial charge in [0, 0.05) is 18.2 Å². The molecule has 1 unspecified atom stereocenters. The third-order valence-electron chi connectivity index (χ3n) is 4.10. The molecule has 0 aromatic carbocycles. The predicted molar refractivity (Wildman–Crippen MR) is 75.6 cm³/mol. The van der Waals surface area contributed by atoms with Crippen molar-refractivity contribution < 1.29 is 4.74 Å². The van der Waals surface area contributed by atoms with Gasteiger partial charge in [-0.25, -0.2) is 0 Å². The molecule has 3 nitrogen and oxygen atoms in total. The van der Waals surface area contributed by atoms with Gasteiger partial charge in [-0.3, -0.25) is 4.90 Å². The van der Waals surface area contributed by atoms with E-state index in [9.17, 15) is 0 Å². The Bertz CT molecular complexity index is 177. The molecule has 17 heavy (non-hydrogen) atoms. The van der Waals surface area contributed by atoms with Crippen molar-refractivity contribution in [2.45, 2.75) is 59.0 Å². The summed E-state index contributed by atoms with van der Waals surface area (Å²) >= 11 is 0. The van der Waals surface area contributed by atoms with Gasteiger partial charge in [0.05, 0.1) is 6.61 Å². The Labute approximate surface area is 108 Å². The smallest absolute Gasteiger partial charge is 0.0637 e. The summed E-state index contributed by atoms with van der Waals surface area (Å²) in [6, 6.07) is 0.400. The van der Waals surface area contributed by atoms with Crippen molar-refractivity contribution in [3.63, 3.8) is 0 Å². The molecule has 0 aliphatic heterocycles. The Morgan fingerprint density at radius 1 is 1.06 bits per heavy atom. The lowest BCUT2D eigenvalue weighted by atomic mass is 9.82. The minimum Gasteiger partial charge on any atom is -0.380 e. The zero-order chi connectivity index (χ0) is 13.3. The molecule has 0 aromatic heterocycles. The van der Waals surface area contributed by atoms with Gasteiger partial charge in [0.1, 0.15) is 0 Å². The minimum atomic E-state index is 0.216. The molecule has 0 bridgehead atoms. The Morgan fingerprint density at radius 2 is 1.59 bits per heavy atom. The highest BCUT2D eigenvalue weighted by atomic mass is 16.5. The van der Waals surface area contributed by atoms with Gasteiger partial charge in [-0.05, 0) is 39.9 Å². The van der Waals surface area contributed by atoms with E-state index < -0.39 is 0 Å². The molecule has 104 valence electrons. The lowest BCUT2D eigenvalue weighted by molar-refractivity contribution is 0.00907. The van der Waals surface area contributed by atoms with Crippen molar-refractivity contribution in [1.82, 2.24) is 10.2 Å². The second kappa shape index (κ2) is 8.90. The van der Waals surface area contributed by atoms with Crippen LogP contribution in [0.5, 0.6) is 0 Å². The topological polar surface area (TPSA) is 24.5 Å². The van der Waals surface area contributed by atoms with Crippen LogP contribution in [0.3, 0.4) is 0 Å². The van der Waals surface area contributed by atoms with Gasteiger partial charge in [0.25, 0.3) is 0 Å². The van der Waals surface area contributed by atoms with Crippen molar-refractivity contribution >= 4 is 0 Å². The van der Waals surface area contributed by atoms with Crippen LogP contribution in [-0.4, -0.2) is 49.8 Å². The number of nitrogens with one attached hydrogen (secondary N) is 1. The quantitative estimate of drug-likeness (QED) is 0.639. The minimum absolute atomic E-state index is 0.216. The van der Waals surface area contributed by atoms with Crippen LogP contribution in [-0.2, 0) is 4.74 Å². The average Bonchev–Trinajstić information content (AvgIpc) is 2.38. The Kier molecular flexibility index (Phi) is 8.83. The maximum absolute atomic E-state index is 5.65. The molecule has 0 radical (unpaired) electrons.